The van der Waals surface area contributed by atoms with E-state index in [1.807, 2.05) is 19.1 Å². The summed E-state index contributed by atoms with van der Waals surface area (Å²) in [5.41, 5.74) is 2.97. The fourth-order valence-electron chi connectivity index (χ4n) is 3.22. The second-order valence-corrected chi connectivity index (χ2v) is 5.21. The number of carboxylic acids is 1. The van der Waals surface area contributed by atoms with Gasteiger partial charge in [-0.05, 0) is 24.5 Å². The third-order valence-electron chi connectivity index (χ3n) is 4.19. The summed E-state index contributed by atoms with van der Waals surface area (Å²) >= 11 is 0. The van der Waals surface area contributed by atoms with Crippen LogP contribution < -0.4 is 5.32 Å². The van der Waals surface area contributed by atoms with E-state index >= 15 is 0 Å². The summed E-state index contributed by atoms with van der Waals surface area (Å²) in [5, 5.41) is 13.9. The molecule has 1 aromatic heterocycles. The highest BCUT2D eigenvalue weighted by Crippen LogP contribution is 2.37. The van der Waals surface area contributed by atoms with Crippen LogP contribution in [0, 0.1) is 0 Å². The number of H-pyrrole nitrogens is 1. The molecule has 4 nitrogen and oxygen atoms in total. The maximum atomic E-state index is 11.2. The van der Waals surface area contributed by atoms with Gasteiger partial charge in [-0.3, -0.25) is 4.79 Å². The van der Waals surface area contributed by atoms with Crippen LogP contribution in [0.1, 0.15) is 31.0 Å². The van der Waals surface area contributed by atoms with Crippen molar-refractivity contribution in [3.05, 3.63) is 35.5 Å². The molecule has 1 unspecified atom stereocenters. The first-order valence-electron chi connectivity index (χ1n) is 6.73. The standard InChI is InChI=1S/C15H18N2O2/c1-2-15(9-13(18)19)14-11(7-8-16-15)10-5-3-4-6-12(10)17-14/h3-6,16-17H,2,7-9H2,1H3,(H,18,19). The molecule has 0 fully saturated rings. The lowest BCUT2D eigenvalue weighted by Crippen LogP contribution is -2.48. The van der Waals surface area contributed by atoms with E-state index < -0.39 is 11.5 Å². The number of fused-ring (bicyclic) bond motifs is 3. The minimum absolute atomic E-state index is 0.114. The minimum Gasteiger partial charge on any atom is -0.481 e. The molecular weight excluding hydrogens is 240 g/mol. The molecule has 4 heteroatoms. The summed E-state index contributed by atoms with van der Waals surface area (Å²) < 4.78 is 0. The van der Waals surface area contributed by atoms with Crippen molar-refractivity contribution in [2.75, 3.05) is 6.54 Å². The molecule has 0 aliphatic carbocycles. The zero-order valence-electron chi connectivity index (χ0n) is 11.0. The largest absolute Gasteiger partial charge is 0.481 e. The Morgan fingerprint density at radius 1 is 1.42 bits per heavy atom. The van der Waals surface area contributed by atoms with Gasteiger partial charge in [0, 0.05) is 23.1 Å². The number of hydrogen-bond donors (Lipinski definition) is 3. The second-order valence-electron chi connectivity index (χ2n) is 5.21. The summed E-state index contributed by atoms with van der Waals surface area (Å²) in [6.45, 7) is 2.87. The van der Waals surface area contributed by atoms with Crippen LogP contribution in [0.3, 0.4) is 0 Å². The Balaban J connectivity index is 2.20. The molecular formula is C15H18N2O2. The molecule has 0 saturated heterocycles. The van der Waals surface area contributed by atoms with E-state index in [4.69, 9.17) is 0 Å². The molecule has 1 aliphatic rings. The van der Waals surface area contributed by atoms with Crippen LogP contribution >= 0.6 is 0 Å². The number of carboxylic acid groups (broad SMARTS) is 1. The number of aromatic amines is 1. The third-order valence-corrected chi connectivity index (χ3v) is 4.19. The molecule has 0 bridgehead atoms. The minimum atomic E-state index is -0.763. The molecule has 2 aromatic rings. The molecule has 1 atom stereocenters. The Bertz CT molecular complexity index is 632. The van der Waals surface area contributed by atoms with Gasteiger partial charge in [0.15, 0.2) is 0 Å². The van der Waals surface area contributed by atoms with Gasteiger partial charge in [0.2, 0.25) is 0 Å². The van der Waals surface area contributed by atoms with Crippen molar-refractivity contribution in [3.8, 4) is 0 Å². The lowest BCUT2D eigenvalue weighted by molar-refractivity contribution is -0.139. The van der Waals surface area contributed by atoms with Crippen molar-refractivity contribution in [3.63, 3.8) is 0 Å². The van der Waals surface area contributed by atoms with Gasteiger partial charge >= 0.3 is 5.97 Å². The summed E-state index contributed by atoms with van der Waals surface area (Å²) in [5.74, 6) is -0.763. The zero-order chi connectivity index (χ0) is 13.5. The highest BCUT2D eigenvalue weighted by atomic mass is 16.4. The molecule has 0 spiro atoms. The van der Waals surface area contributed by atoms with Crippen LogP contribution in [0.25, 0.3) is 10.9 Å². The Labute approximate surface area is 111 Å². The number of hydrogen-bond acceptors (Lipinski definition) is 2. The summed E-state index contributed by atoms with van der Waals surface area (Å²) in [7, 11) is 0. The van der Waals surface area contributed by atoms with E-state index in [-0.39, 0.29) is 6.42 Å². The molecule has 19 heavy (non-hydrogen) atoms. The highest BCUT2D eigenvalue weighted by molar-refractivity contribution is 5.85. The molecule has 0 radical (unpaired) electrons. The van der Waals surface area contributed by atoms with Crippen LogP contribution in [0.2, 0.25) is 0 Å². The SMILES string of the molecule is CCC1(CC(=O)O)NCCc2c1[nH]c1ccccc21. The van der Waals surface area contributed by atoms with Gasteiger partial charge in [-0.25, -0.2) is 0 Å². The molecule has 100 valence electrons. The molecule has 0 amide bonds. The van der Waals surface area contributed by atoms with Crippen molar-refractivity contribution in [2.24, 2.45) is 0 Å². The number of aliphatic carboxylic acids is 1. The number of aromatic nitrogens is 1. The van der Waals surface area contributed by atoms with E-state index in [0.29, 0.717) is 0 Å². The quantitative estimate of drug-likeness (QED) is 0.792. The Hall–Kier alpha value is -1.81. The Morgan fingerprint density at radius 2 is 2.21 bits per heavy atom. The highest BCUT2D eigenvalue weighted by Gasteiger charge is 2.38. The van der Waals surface area contributed by atoms with E-state index in [1.54, 1.807) is 0 Å². The van der Waals surface area contributed by atoms with Crippen molar-refractivity contribution >= 4 is 16.9 Å². The van der Waals surface area contributed by atoms with Crippen molar-refractivity contribution in [1.29, 1.82) is 0 Å². The lowest BCUT2D eigenvalue weighted by Gasteiger charge is -2.36. The first kappa shape index (κ1) is 12.2. The molecule has 0 saturated carbocycles. The topological polar surface area (TPSA) is 65.1 Å². The van der Waals surface area contributed by atoms with Crippen LogP contribution in [0.15, 0.2) is 24.3 Å². The van der Waals surface area contributed by atoms with E-state index in [9.17, 15) is 9.90 Å². The molecule has 1 aliphatic heterocycles. The normalized spacial score (nSPS) is 22.4. The van der Waals surface area contributed by atoms with Crippen LogP contribution in [-0.4, -0.2) is 22.6 Å². The molecule has 3 rings (SSSR count). The van der Waals surface area contributed by atoms with E-state index in [0.717, 1.165) is 30.6 Å². The smallest absolute Gasteiger partial charge is 0.305 e. The van der Waals surface area contributed by atoms with Gasteiger partial charge in [-0.1, -0.05) is 25.1 Å². The van der Waals surface area contributed by atoms with Gasteiger partial charge in [0.05, 0.1) is 12.0 Å². The molecule has 2 heterocycles. The number of nitrogens with one attached hydrogen (secondary N) is 2. The molecule has 1 aromatic carbocycles. The van der Waals surface area contributed by atoms with Gasteiger partial charge < -0.3 is 15.4 Å². The third kappa shape index (κ3) is 1.83. The van der Waals surface area contributed by atoms with Crippen LogP contribution in [0.4, 0.5) is 0 Å². The van der Waals surface area contributed by atoms with Gasteiger partial charge in [-0.15, -0.1) is 0 Å². The predicted octanol–water partition coefficient (Wildman–Crippen LogP) is 2.39. The van der Waals surface area contributed by atoms with Gasteiger partial charge in [0.25, 0.3) is 0 Å². The van der Waals surface area contributed by atoms with Crippen molar-refractivity contribution < 1.29 is 9.90 Å². The number of para-hydroxylation sites is 1. The number of rotatable bonds is 3. The summed E-state index contributed by atoms with van der Waals surface area (Å²) in [6.07, 6.45) is 1.82. The Kier molecular flexibility index (Phi) is 2.82. The van der Waals surface area contributed by atoms with E-state index in [2.05, 4.69) is 22.4 Å². The van der Waals surface area contributed by atoms with Crippen molar-refractivity contribution in [2.45, 2.75) is 31.7 Å². The fraction of sp³-hybridized carbons (Fsp3) is 0.400. The number of carbonyl (C=O) groups is 1. The average molecular weight is 258 g/mol. The predicted molar refractivity (Wildman–Crippen MR) is 74.2 cm³/mol. The molecule has 3 N–H and O–H groups in total. The van der Waals surface area contributed by atoms with Gasteiger partial charge in [-0.2, -0.15) is 0 Å². The van der Waals surface area contributed by atoms with Crippen LogP contribution in [-0.2, 0) is 16.8 Å². The first-order valence-corrected chi connectivity index (χ1v) is 6.73. The Morgan fingerprint density at radius 3 is 2.95 bits per heavy atom. The van der Waals surface area contributed by atoms with Crippen LogP contribution in [0.5, 0.6) is 0 Å². The van der Waals surface area contributed by atoms with E-state index in [1.165, 1.54) is 10.9 Å². The maximum Gasteiger partial charge on any atom is 0.305 e. The second kappa shape index (κ2) is 4.38. The lowest BCUT2D eigenvalue weighted by atomic mass is 9.82. The first-order chi connectivity index (χ1) is 9.16. The van der Waals surface area contributed by atoms with Crippen molar-refractivity contribution in [1.82, 2.24) is 10.3 Å². The summed E-state index contributed by atoms with van der Waals surface area (Å²) in [6, 6.07) is 8.19. The summed E-state index contributed by atoms with van der Waals surface area (Å²) in [4.78, 5) is 14.6. The van der Waals surface area contributed by atoms with Gasteiger partial charge in [0.1, 0.15) is 0 Å². The monoisotopic (exact) mass is 258 g/mol. The average Bonchev–Trinajstić information content (AvgIpc) is 2.78. The zero-order valence-corrected chi connectivity index (χ0v) is 11.0. The fourth-order valence-corrected chi connectivity index (χ4v) is 3.22. The maximum absolute atomic E-state index is 11.2. The number of benzene rings is 1.